The first kappa shape index (κ1) is 15.2. The van der Waals surface area contributed by atoms with Crippen molar-refractivity contribution in [2.45, 2.75) is 13.8 Å². The van der Waals surface area contributed by atoms with Crippen molar-refractivity contribution in [2.24, 2.45) is 0 Å². The number of phenols is 1. The van der Waals surface area contributed by atoms with Crippen molar-refractivity contribution in [3.05, 3.63) is 72.2 Å². The third-order valence-electron chi connectivity index (χ3n) is 4.31. The van der Waals surface area contributed by atoms with E-state index < -0.39 is 0 Å². The van der Waals surface area contributed by atoms with Gasteiger partial charge in [0.25, 0.3) is 0 Å². The number of anilines is 2. The van der Waals surface area contributed by atoms with E-state index in [1.165, 1.54) is 0 Å². The minimum Gasteiger partial charge on any atom is -0.507 e. The maximum Gasteiger partial charge on any atom is 0.157 e. The number of rotatable bonds is 3. The molecule has 0 saturated heterocycles. The predicted octanol–water partition coefficient (Wildman–Crippen LogP) is 4.46. The molecule has 0 unspecified atom stereocenters. The molecule has 0 aliphatic rings. The number of aryl methyl sites for hydroxylation is 2. The zero-order valence-corrected chi connectivity index (χ0v) is 14.1. The highest BCUT2D eigenvalue weighted by molar-refractivity contribution is 5.83. The van der Waals surface area contributed by atoms with Gasteiger partial charge in [0, 0.05) is 23.6 Å². The number of aromatic hydroxyl groups is 1. The summed E-state index contributed by atoms with van der Waals surface area (Å²) in [5.41, 5.74) is 5.42. The number of imidazole rings is 1. The lowest BCUT2D eigenvalue weighted by molar-refractivity contribution is 0.477. The number of hydrogen-bond donors (Lipinski definition) is 2. The maximum atomic E-state index is 10.3. The Morgan fingerprint density at radius 3 is 2.52 bits per heavy atom. The lowest BCUT2D eigenvalue weighted by Crippen LogP contribution is -2.00. The molecule has 4 aromatic rings. The molecule has 0 aliphatic heterocycles. The molecule has 0 atom stereocenters. The van der Waals surface area contributed by atoms with Gasteiger partial charge in [-0.1, -0.05) is 30.3 Å². The molecule has 2 aromatic carbocycles. The largest absolute Gasteiger partial charge is 0.507 e. The Morgan fingerprint density at radius 2 is 1.76 bits per heavy atom. The summed E-state index contributed by atoms with van der Waals surface area (Å²) in [6.45, 7) is 4.14. The van der Waals surface area contributed by atoms with E-state index in [9.17, 15) is 5.11 Å². The van der Waals surface area contributed by atoms with Crippen molar-refractivity contribution in [3.8, 4) is 17.0 Å². The average molecular weight is 330 g/mol. The highest BCUT2D eigenvalue weighted by atomic mass is 16.3. The van der Waals surface area contributed by atoms with Crippen LogP contribution < -0.4 is 5.32 Å². The highest BCUT2D eigenvalue weighted by Gasteiger charge is 2.18. The molecule has 0 bridgehead atoms. The second kappa shape index (κ2) is 5.94. The fourth-order valence-corrected chi connectivity index (χ4v) is 3.02. The molecular weight excluding hydrogens is 312 g/mol. The van der Waals surface area contributed by atoms with Crippen molar-refractivity contribution < 1.29 is 5.11 Å². The Labute approximate surface area is 145 Å². The predicted molar refractivity (Wildman–Crippen MR) is 99.3 cm³/mol. The second-order valence-electron chi connectivity index (χ2n) is 6.02. The quantitative estimate of drug-likeness (QED) is 0.582. The minimum absolute atomic E-state index is 0.198. The molecule has 124 valence electrons. The van der Waals surface area contributed by atoms with Crippen LogP contribution in [0.1, 0.15) is 11.1 Å². The van der Waals surface area contributed by atoms with Gasteiger partial charge in [-0.2, -0.15) is 0 Å². The zero-order valence-electron chi connectivity index (χ0n) is 14.1. The van der Waals surface area contributed by atoms with Gasteiger partial charge in [-0.3, -0.25) is 9.38 Å². The Kier molecular flexibility index (Phi) is 3.61. The summed E-state index contributed by atoms with van der Waals surface area (Å²) in [6, 6.07) is 13.4. The standard InChI is InChI=1S/C20H18N4O/c1-13-6-5-7-14(2)18(13)23-20-19(15-8-3-4-9-16(15)25)22-17-12-21-10-11-24(17)20/h3-12,23,25H,1-2H3. The summed E-state index contributed by atoms with van der Waals surface area (Å²) in [5.74, 6) is 1.000. The van der Waals surface area contributed by atoms with Crippen LogP contribution in [0.3, 0.4) is 0 Å². The van der Waals surface area contributed by atoms with Crippen LogP contribution in [0, 0.1) is 13.8 Å². The van der Waals surface area contributed by atoms with Crippen LogP contribution in [-0.4, -0.2) is 19.5 Å². The van der Waals surface area contributed by atoms with Crippen molar-refractivity contribution in [3.63, 3.8) is 0 Å². The lowest BCUT2D eigenvalue weighted by atomic mass is 10.1. The number of nitrogens with zero attached hydrogens (tertiary/aromatic N) is 3. The molecule has 2 aromatic heterocycles. The van der Waals surface area contributed by atoms with Gasteiger partial charge in [-0.15, -0.1) is 0 Å². The van der Waals surface area contributed by atoms with Crippen LogP contribution in [0.4, 0.5) is 11.5 Å². The zero-order chi connectivity index (χ0) is 17.4. The van der Waals surface area contributed by atoms with Gasteiger partial charge >= 0.3 is 0 Å². The smallest absolute Gasteiger partial charge is 0.157 e. The molecule has 0 spiro atoms. The second-order valence-corrected chi connectivity index (χ2v) is 6.02. The molecule has 2 N–H and O–H groups in total. The number of phenolic OH excluding ortho intramolecular Hbond substituents is 1. The van der Waals surface area contributed by atoms with E-state index in [-0.39, 0.29) is 5.75 Å². The van der Waals surface area contributed by atoms with Crippen molar-refractivity contribution >= 4 is 17.2 Å². The Hall–Kier alpha value is -3.34. The molecule has 0 saturated carbocycles. The van der Waals surface area contributed by atoms with Gasteiger partial charge in [0.2, 0.25) is 0 Å². The number of nitrogens with one attached hydrogen (secondary N) is 1. The molecule has 0 aliphatic carbocycles. The summed E-state index contributed by atoms with van der Waals surface area (Å²) in [4.78, 5) is 8.83. The minimum atomic E-state index is 0.198. The van der Waals surface area contributed by atoms with Crippen LogP contribution in [0.15, 0.2) is 61.1 Å². The Bertz CT molecular complexity index is 1050. The van der Waals surface area contributed by atoms with Crippen LogP contribution in [0.2, 0.25) is 0 Å². The number of hydrogen-bond acceptors (Lipinski definition) is 4. The molecule has 2 heterocycles. The summed E-state index contributed by atoms with van der Waals surface area (Å²) >= 11 is 0. The summed E-state index contributed by atoms with van der Waals surface area (Å²) in [6.07, 6.45) is 5.29. The fraction of sp³-hybridized carbons (Fsp3) is 0.100. The van der Waals surface area contributed by atoms with E-state index in [1.807, 2.05) is 28.8 Å². The van der Waals surface area contributed by atoms with Crippen LogP contribution in [0.25, 0.3) is 16.9 Å². The first-order valence-electron chi connectivity index (χ1n) is 8.09. The van der Waals surface area contributed by atoms with Crippen LogP contribution >= 0.6 is 0 Å². The maximum absolute atomic E-state index is 10.3. The van der Waals surface area contributed by atoms with Gasteiger partial charge in [0.05, 0.1) is 6.20 Å². The van der Waals surface area contributed by atoms with Crippen LogP contribution in [0.5, 0.6) is 5.75 Å². The SMILES string of the molecule is Cc1cccc(C)c1Nc1c(-c2ccccc2O)nc2cnccn12. The molecule has 0 amide bonds. The van der Waals surface area contributed by atoms with Gasteiger partial charge in [0.1, 0.15) is 17.3 Å². The first-order chi connectivity index (χ1) is 12.1. The van der Waals surface area contributed by atoms with Crippen molar-refractivity contribution in [1.29, 1.82) is 0 Å². The molecule has 25 heavy (non-hydrogen) atoms. The van der Waals surface area contributed by atoms with E-state index in [0.29, 0.717) is 11.3 Å². The van der Waals surface area contributed by atoms with Gasteiger partial charge in [-0.05, 0) is 37.1 Å². The third-order valence-corrected chi connectivity index (χ3v) is 4.31. The van der Waals surface area contributed by atoms with Gasteiger partial charge < -0.3 is 10.4 Å². The summed E-state index contributed by atoms with van der Waals surface area (Å²) in [5, 5.41) is 13.8. The molecular formula is C20H18N4O. The van der Waals surface area contributed by atoms with Crippen molar-refractivity contribution in [2.75, 3.05) is 5.32 Å². The molecule has 5 heteroatoms. The number of aromatic nitrogens is 3. The number of benzene rings is 2. The van der Waals surface area contributed by atoms with Crippen molar-refractivity contribution in [1.82, 2.24) is 14.4 Å². The first-order valence-corrected chi connectivity index (χ1v) is 8.09. The molecule has 5 nitrogen and oxygen atoms in total. The summed E-state index contributed by atoms with van der Waals surface area (Å²) < 4.78 is 1.95. The van der Waals surface area contributed by atoms with E-state index in [0.717, 1.165) is 28.3 Å². The number of para-hydroxylation sites is 2. The Balaban J connectivity index is 1.96. The molecule has 4 rings (SSSR count). The Morgan fingerprint density at radius 1 is 1.00 bits per heavy atom. The number of fused-ring (bicyclic) bond motifs is 1. The van der Waals surface area contributed by atoms with E-state index >= 15 is 0 Å². The third kappa shape index (κ3) is 2.59. The topological polar surface area (TPSA) is 62.5 Å². The summed E-state index contributed by atoms with van der Waals surface area (Å²) in [7, 11) is 0. The van der Waals surface area contributed by atoms with E-state index in [4.69, 9.17) is 0 Å². The lowest BCUT2D eigenvalue weighted by Gasteiger charge is -2.14. The molecule has 0 radical (unpaired) electrons. The fourth-order valence-electron chi connectivity index (χ4n) is 3.02. The monoisotopic (exact) mass is 330 g/mol. The van der Waals surface area contributed by atoms with Gasteiger partial charge in [-0.25, -0.2) is 4.98 Å². The van der Waals surface area contributed by atoms with Gasteiger partial charge in [0.15, 0.2) is 5.65 Å². The normalized spacial score (nSPS) is 11.0. The van der Waals surface area contributed by atoms with E-state index in [1.54, 1.807) is 24.5 Å². The van der Waals surface area contributed by atoms with E-state index in [2.05, 4.69) is 41.3 Å². The van der Waals surface area contributed by atoms with Crippen LogP contribution in [-0.2, 0) is 0 Å². The average Bonchev–Trinajstić information content (AvgIpc) is 2.97. The molecule has 0 fully saturated rings. The highest BCUT2D eigenvalue weighted by Crippen LogP contribution is 2.36.